The molecule has 2 rings (SSSR count). The van der Waals surface area contributed by atoms with Gasteiger partial charge in [0.1, 0.15) is 0 Å². The Bertz CT molecular complexity index is 413. The Balaban J connectivity index is 0.00000144. The number of quaternary nitrogens is 1. The van der Waals surface area contributed by atoms with E-state index in [9.17, 15) is 0 Å². The second kappa shape index (κ2) is 5.69. The molecule has 0 aliphatic carbocycles. The van der Waals surface area contributed by atoms with Gasteiger partial charge < -0.3 is 33.4 Å². The van der Waals surface area contributed by atoms with Crippen molar-refractivity contribution in [2.75, 3.05) is 45.2 Å². The maximum Gasteiger partial charge on any atom is 0.0992 e. The molecule has 0 atom stereocenters. The molecule has 1 aliphatic rings. The van der Waals surface area contributed by atoms with E-state index in [1.807, 2.05) is 18.2 Å². The van der Waals surface area contributed by atoms with Crippen molar-refractivity contribution in [3.8, 4) is 6.07 Å². The zero-order valence-corrected chi connectivity index (χ0v) is 12.5. The fraction of sp³-hybridized carbons (Fsp3) is 0.462. The molecule has 1 heterocycles. The summed E-state index contributed by atoms with van der Waals surface area (Å²) in [5.74, 6) is 0. The standard InChI is InChI=1S/C13H18N3.HI/c1-16(2)8-6-15(7-9-16)13-5-3-4-12(10-13)11-14;/h3-5,10H,6-9H2,1-2H3;1H/q+1;/p-1. The Morgan fingerprint density at radius 3 is 2.47 bits per heavy atom. The van der Waals surface area contributed by atoms with Crippen molar-refractivity contribution in [1.29, 1.82) is 5.26 Å². The number of hydrogen-bond acceptors (Lipinski definition) is 2. The Labute approximate surface area is 120 Å². The number of hydrogen-bond donors (Lipinski definition) is 0. The summed E-state index contributed by atoms with van der Waals surface area (Å²) in [6, 6.07) is 10.1. The zero-order chi connectivity index (χ0) is 11.6. The van der Waals surface area contributed by atoms with Gasteiger partial charge in [-0.1, -0.05) is 6.07 Å². The van der Waals surface area contributed by atoms with Gasteiger partial charge in [-0.3, -0.25) is 0 Å². The molecule has 3 nitrogen and oxygen atoms in total. The lowest BCUT2D eigenvalue weighted by Crippen LogP contribution is -3.00. The lowest BCUT2D eigenvalue weighted by Gasteiger charge is -2.40. The van der Waals surface area contributed by atoms with Crippen molar-refractivity contribution in [2.45, 2.75) is 0 Å². The molecule has 1 aliphatic heterocycles. The van der Waals surface area contributed by atoms with Crippen LogP contribution >= 0.6 is 0 Å². The molecule has 1 saturated heterocycles. The highest BCUT2D eigenvalue weighted by molar-refractivity contribution is 5.51. The molecule has 0 aromatic heterocycles. The fourth-order valence-electron chi connectivity index (χ4n) is 2.04. The van der Waals surface area contributed by atoms with Crippen molar-refractivity contribution in [1.82, 2.24) is 0 Å². The van der Waals surface area contributed by atoms with E-state index in [1.54, 1.807) is 0 Å². The molecule has 1 aromatic rings. The maximum atomic E-state index is 8.87. The number of rotatable bonds is 1. The van der Waals surface area contributed by atoms with Crippen molar-refractivity contribution < 1.29 is 28.5 Å². The second-order valence-corrected chi connectivity index (χ2v) is 5.03. The fourth-order valence-corrected chi connectivity index (χ4v) is 2.04. The van der Waals surface area contributed by atoms with Crippen LogP contribution in [0.1, 0.15) is 5.56 Å². The van der Waals surface area contributed by atoms with Crippen LogP contribution < -0.4 is 28.9 Å². The van der Waals surface area contributed by atoms with Gasteiger partial charge >= 0.3 is 0 Å². The summed E-state index contributed by atoms with van der Waals surface area (Å²) < 4.78 is 1.09. The third-order valence-electron chi connectivity index (χ3n) is 3.29. The lowest BCUT2D eigenvalue weighted by molar-refractivity contribution is -0.890. The first-order valence-electron chi connectivity index (χ1n) is 5.68. The molecule has 17 heavy (non-hydrogen) atoms. The summed E-state index contributed by atoms with van der Waals surface area (Å²) in [5.41, 5.74) is 1.93. The summed E-state index contributed by atoms with van der Waals surface area (Å²) in [5, 5.41) is 8.87. The molecule has 0 amide bonds. The summed E-state index contributed by atoms with van der Waals surface area (Å²) in [7, 11) is 4.53. The molecule has 92 valence electrons. The van der Waals surface area contributed by atoms with Crippen LogP contribution in [0.3, 0.4) is 0 Å². The summed E-state index contributed by atoms with van der Waals surface area (Å²) >= 11 is 0. The lowest BCUT2D eigenvalue weighted by atomic mass is 10.2. The van der Waals surface area contributed by atoms with E-state index in [0.717, 1.165) is 36.2 Å². The van der Waals surface area contributed by atoms with Gasteiger partial charge in [-0.25, -0.2) is 0 Å². The zero-order valence-electron chi connectivity index (χ0n) is 10.4. The van der Waals surface area contributed by atoms with Crippen LogP contribution in [0.25, 0.3) is 0 Å². The van der Waals surface area contributed by atoms with E-state index in [1.165, 1.54) is 5.69 Å². The number of halogens is 1. The largest absolute Gasteiger partial charge is 1.00 e. The third kappa shape index (κ3) is 3.58. The molecular formula is C13H18IN3. The molecule has 0 N–H and O–H groups in total. The monoisotopic (exact) mass is 343 g/mol. The van der Waals surface area contributed by atoms with Crippen LogP contribution in [-0.2, 0) is 0 Å². The minimum Gasteiger partial charge on any atom is -1.00 e. The van der Waals surface area contributed by atoms with Crippen molar-refractivity contribution >= 4 is 5.69 Å². The molecule has 0 spiro atoms. The Morgan fingerprint density at radius 2 is 1.88 bits per heavy atom. The SMILES string of the molecule is C[N+]1(C)CCN(c2cccc(C#N)c2)CC1.[I-]. The highest BCUT2D eigenvalue weighted by Crippen LogP contribution is 2.18. The molecule has 0 unspecified atom stereocenters. The van der Waals surface area contributed by atoms with Crippen LogP contribution in [0, 0.1) is 11.3 Å². The number of anilines is 1. The van der Waals surface area contributed by atoms with E-state index in [0.29, 0.717) is 0 Å². The molecule has 1 aromatic carbocycles. The minimum atomic E-state index is 0. The summed E-state index contributed by atoms with van der Waals surface area (Å²) in [6.45, 7) is 4.47. The van der Waals surface area contributed by atoms with Gasteiger partial charge in [-0.15, -0.1) is 0 Å². The Kier molecular flexibility index (Phi) is 4.78. The first kappa shape index (κ1) is 14.3. The molecule has 1 fully saturated rings. The van der Waals surface area contributed by atoms with Gasteiger partial charge in [-0.2, -0.15) is 5.26 Å². The van der Waals surface area contributed by atoms with E-state index in [4.69, 9.17) is 5.26 Å². The number of nitriles is 1. The van der Waals surface area contributed by atoms with Crippen LogP contribution in [0.15, 0.2) is 24.3 Å². The Morgan fingerprint density at radius 1 is 1.24 bits per heavy atom. The van der Waals surface area contributed by atoms with Crippen molar-refractivity contribution in [2.24, 2.45) is 0 Å². The average Bonchev–Trinajstić information content (AvgIpc) is 2.29. The maximum absolute atomic E-state index is 8.87. The minimum absolute atomic E-state index is 0. The number of likely N-dealkylation sites (N-methyl/N-ethyl adjacent to an activating group) is 1. The van der Waals surface area contributed by atoms with E-state index >= 15 is 0 Å². The van der Waals surface area contributed by atoms with Crippen LogP contribution in [0.2, 0.25) is 0 Å². The molecular weight excluding hydrogens is 325 g/mol. The first-order valence-corrected chi connectivity index (χ1v) is 5.68. The highest BCUT2D eigenvalue weighted by Gasteiger charge is 2.24. The molecule has 4 heteroatoms. The molecule has 0 bridgehead atoms. The van der Waals surface area contributed by atoms with Crippen molar-refractivity contribution in [3.63, 3.8) is 0 Å². The second-order valence-electron chi connectivity index (χ2n) is 5.03. The Hall–Kier alpha value is -0.800. The average molecular weight is 343 g/mol. The van der Waals surface area contributed by atoms with Crippen LogP contribution in [-0.4, -0.2) is 44.8 Å². The summed E-state index contributed by atoms with van der Waals surface area (Å²) in [4.78, 5) is 2.37. The van der Waals surface area contributed by atoms with Crippen molar-refractivity contribution in [3.05, 3.63) is 29.8 Å². The van der Waals surface area contributed by atoms with Gasteiger partial charge in [0.25, 0.3) is 0 Å². The smallest absolute Gasteiger partial charge is 0.0992 e. The highest BCUT2D eigenvalue weighted by atomic mass is 127. The number of nitrogens with zero attached hydrogens (tertiary/aromatic N) is 3. The van der Waals surface area contributed by atoms with Gasteiger partial charge in [0, 0.05) is 5.69 Å². The van der Waals surface area contributed by atoms with Gasteiger partial charge in [0.2, 0.25) is 0 Å². The van der Waals surface area contributed by atoms with E-state index in [-0.39, 0.29) is 24.0 Å². The normalized spacial score (nSPS) is 18.1. The van der Waals surface area contributed by atoms with Crippen LogP contribution in [0.4, 0.5) is 5.69 Å². The summed E-state index contributed by atoms with van der Waals surface area (Å²) in [6.07, 6.45) is 0. The van der Waals surface area contributed by atoms with Crippen LogP contribution in [0.5, 0.6) is 0 Å². The van der Waals surface area contributed by atoms with E-state index < -0.39 is 0 Å². The van der Waals surface area contributed by atoms with E-state index in [2.05, 4.69) is 31.1 Å². The predicted octanol–water partition coefficient (Wildman–Crippen LogP) is -1.54. The predicted molar refractivity (Wildman–Crippen MR) is 65.2 cm³/mol. The topological polar surface area (TPSA) is 27.0 Å². The van der Waals surface area contributed by atoms with Gasteiger partial charge in [0.15, 0.2) is 0 Å². The molecule has 0 radical (unpaired) electrons. The third-order valence-corrected chi connectivity index (χ3v) is 3.29. The first-order chi connectivity index (χ1) is 7.61. The number of piperazine rings is 1. The van der Waals surface area contributed by atoms with Gasteiger partial charge in [-0.05, 0) is 18.2 Å². The van der Waals surface area contributed by atoms with Gasteiger partial charge in [0.05, 0.1) is 51.9 Å². The quantitative estimate of drug-likeness (QED) is 0.457. The number of benzene rings is 1. The molecule has 0 saturated carbocycles.